The molecule has 2 aromatic carbocycles. The summed E-state index contributed by atoms with van der Waals surface area (Å²) in [6.07, 6.45) is 1.71. The molecule has 0 aliphatic heterocycles. The number of nitrogens with zero attached hydrogens (tertiary/aromatic N) is 1. The number of carbonyl (C=O) groups is 2. The Morgan fingerprint density at radius 3 is 2.42 bits per heavy atom. The molecule has 0 atom stereocenters. The van der Waals surface area contributed by atoms with Crippen LogP contribution in [0.3, 0.4) is 0 Å². The largest absolute Gasteiger partial charge is 0.494 e. The maximum atomic E-state index is 11.9. The van der Waals surface area contributed by atoms with Gasteiger partial charge in [-0.3, -0.25) is 9.59 Å². The van der Waals surface area contributed by atoms with E-state index >= 15 is 0 Å². The number of anilines is 1. The summed E-state index contributed by atoms with van der Waals surface area (Å²) in [5.74, 6) is 0.269. The van der Waals surface area contributed by atoms with Crippen molar-refractivity contribution < 1.29 is 14.3 Å². The standard InChI is InChI=1S/C20H23N3O3/c1-3-26-17-10-8-16(9-11-17)14-21-23-20(25)13-12-19(24)22-18-7-5-4-6-15(18)2/h4-11,14H,3,12-13H2,1-2H3,(H,22,24)(H,23,25). The van der Waals surface area contributed by atoms with Gasteiger partial charge in [0.2, 0.25) is 11.8 Å². The lowest BCUT2D eigenvalue weighted by molar-refractivity contribution is -0.124. The Kier molecular flexibility index (Phi) is 7.36. The second-order valence-corrected chi connectivity index (χ2v) is 5.66. The van der Waals surface area contributed by atoms with Gasteiger partial charge >= 0.3 is 0 Å². The Labute approximate surface area is 153 Å². The first-order valence-corrected chi connectivity index (χ1v) is 8.48. The predicted molar refractivity (Wildman–Crippen MR) is 102 cm³/mol. The van der Waals surface area contributed by atoms with Crippen LogP contribution in [0.5, 0.6) is 5.75 Å². The zero-order chi connectivity index (χ0) is 18.8. The van der Waals surface area contributed by atoms with Crippen LogP contribution in [0.15, 0.2) is 53.6 Å². The molecule has 0 aliphatic carbocycles. The number of hydrazone groups is 1. The molecule has 136 valence electrons. The van der Waals surface area contributed by atoms with Gasteiger partial charge < -0.3 is 10.1 Å². The lowest BCUT2D eigenvalue weighted by Gasteiger charge is -2.07. The second kappa shape index (κ2) is 9.98. The average molecular weight is 353 g/mol. The Bertz CT molecular complexity index is 770. The van der Waals surface area contributed by atoms with Gasteiger partial charge in [0.05, 0.1) is 12.8 Å². The fourth-order valence-corrected chi connectivity index (χ4v) is 2.20. The number of benzene rings is 2. The number of para-hydroxylation sites is 1. The molecule has 0 radical (unpaired) electrons. The summed E-state index contributed by atoms with van der Waals surface area (Å²) in [7, 11) is 0. The highest BCUT2D eigenvalue weighted by Crippen LogP contribution is 2.13. The zero-order valence-corrected chi connectivity index (χ0v) is 15.0. The third kappa shape index (κ3) is 6.39. The summed E-state index contributed by atoms with van der Waals surface area (Å²) in [5, 5.41) is 6.69. The number of nitrogens with one attached hydrogen (secondary N) is 2. The van der Waals surface area contributed by atoms with Crippen LogP contribution < -0.4 is 15.5 Å². The van der Waals surface area contributed by atoms with Crippen molar-refractivity contribution in [3.05, 3.63) is 59.7 Å². The van der Waals surface area contributed by atoms with E-state index in [4.69, 9.17) is 4.74 Å². The van der Waals surface area contributed by atoms with E-state index in [2.05, 4.69) is 15.8 Å². The average Bonchev–Trinajstić information content (AvgIpc) is 2.64. The molecule has 0 unspecified atom stereocenters. The van der Waals surface area contributed by atoms with E-state index < -0.39 is 0 Å². The molecule has 2 amide bonds. The van der Waals surface area contributed by atoms with Crippen molar-refractivity contribution >= 4 is 23.7 Å². The van der Waals surface area contributed by atoms with Crippen LogP contribution in [-0.4, -0.2) is 24.6 Å². The summed E-state index contributed by atoms with van der Waals surface area (Å²) in [6, 6.07) is 14.9. The van der Waals surface area contributed by atoms with E-state index in [-0.39, 0.29) is 24.7 Å². The van der Waals surface area contributed by atoms with Crippen LogP contribution in [0.2, 0.25) is 0 Å². The number of hydrogen-bond donors (Lipinski definition) is 2. The van der Waals surface area contributed by atoms with Gasteiger partial charge in [-0.15, -0.1) is 0 Å². The number of ether oxygens (including phenoxy) is 1. The fraction of sp³-hybridized carbons (Fsp3) is 0.250. The molecule has 26 heavy (non-hydrogen) atoms. The van der Waals surface area contributed by atoms with E-state index in [1.165, 1.54) is 0 Å². The smallest absolute Gasteiger partial charge is 0.240 e. The number of amides is 2. The minimum absolute atomic E-state index is 0.0678. The van der Waals surface area contributed by atoms with E-state index in [0.29, 0.717) is 6.61 Å². The van der Waals surface area contributed by atoms with Gasteiger partial charge in [-0.25, -0.2) is 5.43 Å². The first-order chi connectivity index (χ1) is 12.6. The minimum atomic E-state index is -0.313. The summed E-state index contributed by atoms with van der Waals surface area (Å²) < 4.78 is 5.36. The van der Waals surface area contributed by atoms with Crippen molar-refractivity contribution in [1.29, 1.82) is 0 Å². The highest BCUT2D eigenvalue weighted by Gasteiger charge is 2.07. The van der Waals surface area contributed by atoms with Gasteiger partial charge in [-0.1, -0.05) is 18.2 Å². The molecule has 2 N–H and O–H groups in total. The van der Waals surface area contributed by atoms with Crippen LogP contribution in [-0.2, 0) is 9.59 Å². The van der Waals surface area contributed by atoms with Crippen molar-refractivity contribution in [2.45, 2.75) is 26.7 Å². The molecule has 0 bridgehead atoms. The molecule has 0 spiro atoms. The third-order valence-corrected chi connectivity index (χ3v) is 3.59. The Morgan fingerprint density at radius 2 is 1.73 bits per heavy atom. The summed E-state index contributed by atoms with van der Waals surface area (Å²) in [4.78, 5) is 23.7. The third-order valence-electron chi connectivity index (χ3n) is 3.59. The molecule has 0 aliphatic rings. The highest BCUT2D eigenvalue weighted by atomic mass is 16.5. The maximum absolute atomic E-state index is 11.9. The van der Waals surface area contributed by atoms with E-state index in [1.54, 1.807) is 6.21 Å². The fourth-order valence-electron chi connectivity index (χ4n) is 2.20. The predicted octanol–water partition coefficient (Wildman–Crippen LogP) is 3.26. The quantitative estimate of drug-likeness (QED) is 0.565. The maximum Gasteiger partial charge on any atom is 0.240 e. The van der Waals surface area contributed by atoms with Gasteiger partial charge in [0, 0.05) is 18.5 Å². The molecule has 0 fully saturated rings. The number of carbonyl (C=O) groups excluding carboxylic acids is 2. The van der Waals surface area contributed by atoms with Crippen LogP contribution in [0.4, 0.5) is 5.69 Å². The van der Waals surface area contributed by atoms with Crippen LogP contribution >= 0.6 is 0 Å². The van der Waals surface area contributed by atoms with Crippen molar-refractivity contribution in [1.82, 2.24) is 5.43 Å². The van der Waals surface area contributed by atoms with Crippen LogP contribution in [0, 0.1) is 6.92 Å². The monoisotopic (exact) mass is 353 g/mol. The van der Waals surface area contributed by atoms with Gasteiger partial charge in [0.1, 0.15) is 5.75 Å². The first kappa shape index (κ1) is 19.2. The Balaban J connectivity index is 1.73. The van der Waals surface area contributed by atoms with E-state index in [0.717, 1.165) is 22.6 Å². The normalized spacial score (nSPS) is 10.5. The van der Waals surface area contributed by atoms with Crippen LogP contribution in [0.1, 0.15) is 30.9 Å². The van der Waals surface area contributed by atoms with Gasteiger partial charge in [0.25, 0.3) is 0 Å². The van der Waals surface area contributed by atoms with Gasteiger partial charge in [0.15, 0.2) is 0 Å². The number of aryl methyl sites for hydroxylation is 1. The van der Waals surface area contributed by atoms with Crippen molar-refractivity contribution in [3.8, 4) is 5.75 Å². The molecule has 0 heterocycles. The molecule has 0 saturated heterocycles. The Morgan fingerprint density at radius 1 is 1.04 bits per heavy atom. The summed E-state index contributed by atoms with van der Waals surface area (Å²) in [5.41, 5.74) is 4.99. The molecule has 6 heteroatoms. The lowest BCUT2D eigenvalue weighted by atomic mass is 10.2. The molecule has 2 rings (SSSR count). The molecule has 2 aromatic rings. The van der Waals surface area contributed by atoms with Crippen LogP contribution in [0.25, 0.3) is 0 Å². The first-order valence-electron chi connectivity index (χ1n) is 8.48. The van der Waals surface area contributed by atoms with Gasteiger partial charge in [-0.2, -0.15) is 5.10 Å². The Hall–Kier alpha value is -3.15. The topological polar surface area (TPSA) is 79.8 Å². The van der Waals surface area contributed by atoms with Crippen molar-refractivity contribution in [3.63, 3.8) is 0 Å². The SMILES string of the molecule is CCOc1ccc(C=NNC(=O)CCC(=O)Nc2ccccc2C)cc1. The van der Waals surface area contributed by atoms with E-state index in [9.17, 15) is 9.59 Å². The van der Waals surface area contributed by atoms with Crippen molar-refractivity contribution in [2.24, 2.45) is 5.10 Å². The molecule has 0 aromatic heterocycles. The highest BCUT2D eigenvalue weighted by molar-refractivity contribution is 5.94. The summed E-state index contributed by atoms with van der Waals surface area (Å²) >= 11 is 0. The van der Waals surface area contributed by atoms with Gasteiger partial charge in [-0.05, 0) is 55.3 Å². The summed E-state index contributed by atoms with van der Waals surface area (Å²) in [6.45, 7) is 4.45. The molecular formula is C20H23N3O3. The lowest BCUT2D eigenvalue weighted by Crippen LogP contribution is -2.20. The van der Waals surface area contributed by atoms with E-state index in [1.807, 2.05) is 62.4 Å². The number of hydrogen-bond acceptors (Lipinski definition) is 4. The zero-order valence-electron chi connectivity index (χ0n) is 15.0. The molecule has 0 saturated carbocycles. The second-order valence-electron chi connectivity index (χ2n) is 5.66. The van der Waals surface area contributed by atoms with Crippen molar-refractivity contribution in [2.75, 3.05) is 11.9 Å². The molecule has 6 nitrogen and oxygen atoms in total. The minimum Gasteiger partial charge on any atom is -0.494 e. The number of rotatable bonds is 8. The molecular weight excluding hydrogens is 330 g/mol.